The molecule has 128 valence electrons. The Morgan fingerprint density at radius 3 is 3.00 bits per heavy atom. The molecule has 1 aromatic carbocycles. The van der Waals surface area contributed by atoms with E-state index in [4.69, 9.17) is 0 Å². The maximum absolute atomic E-state index is 12.9. The van der Waals surface area contributed by atoms with Crippen LogP contribution in [0.4, 0.5) is 0 Å². The number of aromatic nitrogens is 4. The number of pyridine rings is 1. The van der Waals surface area contributed by atoms with Crippen molar-refractivity contribution < 1.29 is 4.79 Å². The Morgan fingerprint density at radius 2 is 2.15 bits per heavy atom. The molecule has 0 saturated heterocycles. The molecule has 6 nitrogen and oxygen atoms in total. The van der Waals surface area contributed by atoms with Gasteiger partial charge in [-0.25, -0.2) is 4.98 Å². The number of hydrogen-bond acceptors (Lipinski definition) is 5. The molecular weight excluding hydrogens is 346 g/mol. The average molecular weight is 361 g/mol. The summed E-state index contributed by atoms with van der Waals surface area (Å²) in [6.07, 6.45) is 6.03. The Labute approximate surface area is 153 Å². The van der Waals surface area contributed by atoms with Crippen LogP contribution in [-0.4, -0.2) is 37.5 Å². The van der Waals surface area contributed by atoms with E-state index in [0.29, 0.717) is 18.7 Å². The molecule has 5 rings (SSSR count). The summed E-state index contributed by atoms with van der Waals surface area (Å²) in [5.74, 6) is 0.0328. The van der Waals surface area contributed by atoms with Gasteiger partial charge in [-0.15, -0.1) is 11.3 Å². The lowest BCUT2D eigenvalue weighted by atomic mass is 10.0. The highest BCUT2D eigenvalue weighted by Crippen LogP contribution is 2.31. The zero-order valence-corrected chi connectivity index (χ0v) is 14.7. The standard InChI is InChI=1S/C19H15N5OS/c25-19-18-13(12-9-21-22-10-12)5-7-20-15(18)11-24(19)8-6-17-23-14-3-1-2-4-16(14)26-17/h1-5,7,9-10H,6,8,11H2,(H,21,22). The lowest BCUT2D eigenvalue weighted by molar-refractivity contribution is 0.0780. The number of carbonyl (C=O) groups is 1. The van der Waals surface area contributed by atoms with E-state index in [1.54, 1.807) is 29.9 Å². The number of nitrogens with zero attached hydrogens (tertiary/aromatic N) is 4. The van der Waals surface area contributed by atoms with Gasteiger partial charge in [-0.3, -0.25) is 14.9 Å². The predicted molar refractivity (Wildman–Crippen MR) is 99.9 cm³/mol. The van der Waals surface area contributed by atoms with Crippen LogP contribution in [-0.2, 0) is 13.0 Å². The SMILES string of the molecule is O=C1c2c(-c3cn[nH]c3)ccnc2CN1CCc1nc2ccccc2s1. The number of thiazole rings is 1. The fourth-order valence-corrected chi connectivity index (χ4v) is 4.31. The monoisotopic (exact) mass is 361 g/mol. The lowest BCUT2D eigenvalue weighted by Crippen LogP contribution is -2.26. The van der Waals surface area contributed by atoms with Crippen LogP contribution in [0.3, 0.4) is 0 Å². The minimum absolute atomic E-state index is 0.0328. The number of para-hydroxylation sites is 1. The van der Waals surface area contributed by atoms with E-state index in [9.17, 15) is 4.79 Å². The molecule has 0 saturated carbocycles. The molecule has 1 amide bonds. The second-order valence-electron chi connectivity index (χ2n) is 6.22. The molecule has 4 heterocycles. The van der Waals surface area contributed by atoms with Gasteiger partial charge < -0.3 is 4.90 Å². The first-order chi connectivity index (χ1) is 12.8. The van der Waals surface area contributed by atoms with Crippen LogP contribution < -0.4 is 0 Å². The van der Waals surface area contributed by atoms with Crippen molar-refractivity contribution in [1.82, 2.24) is 25.1 Å². The zero-order chi connectivity index (χ0) is 17.5. The van der Waals surface area contributed by atoms with Crippen LogP contribution in [0, 0.1) is 0 Å². The molecule has 4 aromatic rings. The van der Waals surface area contributed by atoms with Crippen LogP contribution in [0.25, 0.3) is 21.3 Å². The van der Waals surface area contributed by atoms with Crippen molar-refractivity contribution in [1.29, 1.82) is 0 Å². The van der Waals surface area contributed by atoms with Crippen molar-refractivity contribution in [3.63, 3.8) is 0 Å². The van der Waals surface area contributed by atoms with E-state index < -0.39 is 0 Å². The number of hydrogen-bond donors (Lipinski definition) is 1. The quantitative estimate of drug-likeness (QED) is 0.605. The Balaban J connectivity index is 1.38. The number of amides is 1. The normalized spacial score (nSPS) is 13.5. The molecular formula is C19H15N5OS. The number of rotatable bonds is 4. The topological polar surface area (TPSA) is 74.8 Å². The molecule has 0 unspecified atom stereocenters. The molecule has 0 aliphatic carbocycles. The molecule has 1 aliphatic rings. The third-order valence-corrected chi connectivity index (χ3v) is 5.71. The second kappa shape index (κ2) is 6.03. The molecule has 1 aliphatic heterocycles. The minimum Gasteiger partial charge on any atom is -0.332 e. The smallest absolute Gasteiger partial charge is 0.256 e. The highest BCUT2D eigenvalue weighted by Gasteiger charge is 2.31. The van der Waals surface area contributed by atoms with E-state index in [0.717, 1.165) is 33.8 Å². The average Bonchev–Trinajstić information content (AvgIpc) is 3.39. The van der Waals surface area contributed by atoms with Crippen LogP contribution in [0.2, 0.25) is 0 Å². The van der Waals surface area contributed by atoms with Crippen molar-refractivity contribution in [2.24, 2.45) is 0 Å². The van der Waals surface area contributed by atoms with Crippen molar-refractivity contribution in [3.05, 3.63) is 65.2 Å². The van der Waals surface area contributed by atoms with Gasteiger partial charge in [0.05, 0.1) is 39.2 Å². The molecule has 26 heavy (non-hydrogen) atoms. The number of fused-ring (bicyclic) bond motifs is 2. The van der Waals surface area contributed by atoms with Gasteiger partial charge in [0.2, 0.25) is 0 Å². The van der Waals surface area contributed by atoms with Gasteiger partial charge in [0.15, 0.2) is 0 Å². The van der Waals surface area contributed by atoms with E-state index in [-0.39, 0.29) is 5.91 Å². The van der Waals surface area contributed by atoms with Gasteiger partial charge in [-0.05, 0) is 18.2 Å². The number of aromatic amines is 1. The summed E-state index contributed by atoms with van der Waals surface area (Å²) in [4.78, 5) is 23.9. The maximum Gasteiger partial charge on any atom is 0.256 e. The Kier molecular flexibility index (Phi) is 3.53. The largest absolute Gasteiger partial charge is 0.332 e. The third-order valence-electron chi connectivity index (χ3n) is 4.61. The summed E-state index contributed by atoms with van der Waals surface area (Å²) in [5.41, 5.74) is 4.34. The van der Waals surface area contributed by atoms with E-state index >= 15 is 0 Å². The predicted octanol–water partition coefficient (Wildman–Crippen LogP) is 3.28. The van der Waals surface area contributed by atoms with Crippen LogP contribution >= 0.6 is 11.3 Å². The Morgan fingerprint density at radius 1 is 1.23 bits per heavy atom. The molecule has 0 bridgehead atoms. The van der Waals surface area contributed by atoms with Gasteiger partial charge in [0, 0.05) is 36.5 Å². The van der Waals surface area contributed by atoms with Crippen molar-refractivity contribution in [3.8, 4) is 11.1 Å². The summed E-state index contributed by atoms with van der Waals surface area (Å²) < 4.78 is 1.18. The number of H-pyrrole nitrogens is 1. The van der Waals surface area contributed by atoms with Crippen LogP contribution in [0.15, 0.2) is 48.9 Å². The molecule has 1 N–H and O–H groups in total. The summed E-state index contributed by atoms with van der Waals surface area (Å²) in [5, 5.41) is 7.84. The minimum atomic E-state index is 0.0328. The van der Waals surface area contributed by atoms with Gasteiger partial charge in [0.25, 0.3) is 5.91 Å². The number of nitrogens with one attached hydrogen (secondary N) is 1. The van der Waals surface area contributed by atoms with Crippen molar-refractivity contribution in [2.75, 3.05) is 6.54 Å². The maximum atomic E-state index is 12.9. The lowest BCUT2D eigenvalue weighted by Gasteiger charge is -2.14. The van der Waals surface area contributed by atoms with Crippen molar-refractivity contribution >= 4 is 27.5 Å². The zero-order valence-electron chi connectivity index (χ0n) is 13.8. The van der Waals surface area contributed by atoms with Crippen molar-refractivity contribution in [2.45, 2.75) is 13.0 Å². The van der Waals surface area contributed by atoms with E-state index in [1.165, 1.54) is 4.70 Å². The summed E-state index contributed by atoms with van der Waals surface area (Å²) in [6.45, 7) is 1.19. The van der Waals surface area contributed by atoms with Gasteiger partial charge in [-0.2, -0.15) is 5.10 Å². The summed E-state index contributed by atoms with van der Waals surface area (Å²) in [6, 6.07) is 9.99. The Bertz CT molecular complexity index is 1070. The third kappa shape index (κ3) is 2.48. The summed E-state index contributed by atoms with van der Waals surface area (Å²) >= 11 is 1.69. The van der Waals surface area contributed by atoms with E-state index in [2.05, 4.69) is 26.2 Å². The highest BCUT2D eigenvalue weighted by molar-refractivity contribution is 7.18. The molecule has 0 radical (unpaired) electrons. The first-order valence-corrected chi connectivity index (χ1v) is 9.22. The van der Waals surface area contributed by atoms with Crippen LogP contribution in [0.5, 0.6) is 0 Å². The van der Waals surface area contributed by atoms with E-state index in [1.807, 2.05) is 29.2 Å². The first-order valence-electron chi connectivity index (χ1n) is 8.40. The molecule has 7 heteroatoms. The highest BCUT2D eigenvalue weighted by atomic mass is 32.1. The fourth-order valence-electron chi connectivity index (χ4n) is 3.35. The molecule has 0 spiro atoms. The second-order valence-corrected chi connectivity index (χ2v) is 7.33. The number of carbonyl (C=O) groups excluding carboxylic acids is 1. The fraction of sp³-hybridized carbons (Fsp3) is 0.158. The molecule has 3 aromatic heterocycles. The molecule has 0 atom stereocenters. The number of benzene rings is 1. The first kappa shape index (κ1) is 15.2. The van der Waals surface area contributed by atoms with Gasteiger partial charge >= 0.3 is 0 Å². The van der Waals surface area contributed by atoms with Gasteiger partial charge in [0.1, 0.15) is 0 Å². The molecule has 0 fully saturated rings. The van der Waals surface area contributed by atoms with Gasteiger partial charge in [-0.1, -0.05) is 12.1 Å². The summed E-state index contributed by atoms with van der Waals surface area (Å²) in [7, 11) is 0. The van der Waals surface area contributed by atoms with Crippen LogP contribution in [0.1, 0.15) is 21.1 Å². The Hall–Kier alpha value is -3.06.